The molecule has 0 aliphatic carbocycles. The zero-order valence-corrected chi connectivity index (χ0v) is 18.5. The summed E-state index contributed by atoms with van der Waals surface area (Å²) in [5.41, 5.74) is 2.26. The highest BCUT2D eigenvalue weighted by Crippen LogP contribution is 2.24. The quantitative estimate of drug-likeness (QED) is 0.389. The summed E-state index contributed by atoms with van der Waals surface area (Å²) in [7, 11) is 0. The van der Waals surface area contributed by atoms with Gasteiger partial charge < -0.3 is 4.74 Å². The first-order chi connectivity index (χ1) is 12.7. The fraction of sp³-hybridized carbons (Fsp3) is 0.417. The lowest BCUT2D eigenvalue weighted by Gasteiger charge is -2.08. The molecule has 0 aromatic heterocycles. The number of unbranched alkanes of at least 4 members (excludes halogenated alkanes) is 4. The predicted molar refractivity (Wildman–Crippen MR) is 121 cm³/mol. The summed E-state index contributed by atoms with van der Waals surface area (Å²) >= 11 is 3.45. The smallest absolute Gasteiger partial charge is 0.133 e. The van der Waals surface area contributed by atoms with Crippen molar-refractivity contribution in [2.45, 2.75) is 66.4 Å². The molecule has 0 atom stereocenters. The second-order valence-corrected chi connectivity index (χ2v) is 6.58. The van der Waals surface area contributed by atoms with Crippen LogP contribution in [0.2, 0.25) is 0 Å². The van der Waals surface area contributed by atoms with E-state index in [-0.39, 0.29) is 0 Å². The van der Waals surface area contributed by atoms with Crippen molar-refractivity contribution in [2.75, 3.05) is 0 Å². The van der Waals surface area contributed by atoms with Crippen LogP contribution in [0.1, 0.15) is 70.9 Å². The maximum Gasteiger partial charge on any atom is 0.133 e. The van der Waals surface area contributed by atoms with Crippen molar-refractivity contribution in [3.05, 3.63) is 70.7 Å². The monoisotopic (exact) mass is 418 g/mol. The zero-order valence-electron chi connectivity index (χ0n) is 16.9. The summed E-state index contributed by atoms with van der Waals surface area (Å²) in [5, 5.41) is 0. The topological polar surface area (TPSA) is 9.23 Å². The molecule has 0 fully saturated rings. The molecule has 2 heteroatoms. The Hall–Kier alpha value is -1.54. The van der Waals surface area contributed by atoms with Crippen LogP contribution in [0.15, 0.2) is 59.6 Å². The predicted octanol–water partition coefficient (Wildman–Crippen LogP) is 8.67. The van der Waals surface area contributed by atoms with Crippen molar-refractivity contribution in [1.29, 1.82) is 0 Å². The molecule has 0 amide bonds. The van der Waals surface area contributed by atoms with Crippen molar-refractivity contribution in [3.63, 3.8) is 0 Å². The van der Waals surface area contributed by atoms with Gasteiger partial charge in [-0.2, -0.15) is 0 Å². The van der Waals surface area contributed by atoms with Gasteiger partial charge in [0.25, 0.3) is 0 Å². The van der Waals surface area contributed by atoms with Crippen molar-refractivity contribution < 1.29 is 4.74 Å². The molecule has 144 valence electrons. The van der Waals surface area contributed by atoms with E-state index in [1.54, 1.807) is 0 Å². The largest absolute Gasteiger partial charge is 0.488 e. The highest BCUT2D eigenvalue weighted by molar-refractivity contribution is 9.10. The van der Waals surface area contributed by atoms with Gasteiger partial charge in [-0.3, -0.25) is 0 Å². The molecule has 0 unspecified atom stereocenters. The maximum absolute atomic E-state index is 5.72. The Morgan fingerprint density at radius 2 is 1.46 bits per heavy atom. The first-order valence-corrected chi connectivity index (χ1v) is 10.6. The van der Waals surface area contributed by atoms with E-state index in [0.717, 1.165) is 21.3 Å². The van der Waals surface area contributed by atoms with Gasteiger partial charge in [0.05, 0.1) is 4.47 Å². The molecule has 0 radical (unpaired) electrons. The van der Waals surface area contributed by atoms with Crippen LogP contribution in [-0.2, 0) is 6.61 Å². The average molecular weight is 419 g/mol. The third-order valence-electron chi connectivity index (χ3n) is 3.65. The van der Waals surface area contributed by atoms with Crippen LogP contribution in [0.4, 0.5) is 0 Å². The van der Waals surface area contributed by atoms with E-state index in [9.17, 15) is 0 Å². The van der Waals surface area contributed by atoms with Crippen LogP contribution >= 0.6 is 15.9 Å². The Bertz CT molecular complexity index is 571. The van der Waals surface area contributed by atoms with Gasteiger partial charge in [-0.05, 0) is 39.2 Å². The van der Waals surface area contributed by atoms with Gasteiger partial charge in [-0.15, -0.1) is 0 Å². The maximum atomic E-state index is 5.72. The minimum absolute atomic E-state index is 0.569. The van der Waals surface area contributed by atoms with Crippen molar-refractivity contribution in [1.82, 2.24) is 0 Å². The molecular weight excluding hydrogens is 384 g/mol. The summed E-state index contributed by atoms with van der Waals surface area (Å²) in [6.07, 6.45) is 8.84. The summed E-state index contributed by atoms with van der Waals surface area (Å²) < 4.78 is 6.70. The Morgan fingerprint density at radius 1 is 0.885 bits per heavy atom. The fourth-order valence-corrected chi connectivity index (χ4v) is 2.55. The minimum Gasteiger partial charge on any atom is -0.488 e. The summed E-state index contributed by atoms with van der Waals surface area (Å²) in [4.78, 5) is 0. The molecule has 0 heterocycles. The Kier molecular flexibility index (Phi) is 15.9. The molecule has 26 heavy (non-hydrogen) atoms. The molecule has 0 saturated heterocycles. The normalized spacial score (nSPS) is 9.27. The standard InChI is InChI=1S/C15H13BrO.C7H16.C2H6/c1-2-12-7-9-13(10-8-12)11-17-15-6-4-3-5-14(15)16;1-3-5-7-6-4-2;1-2/h2-10H,1,11H2;3-7H2,1-2H3;1-2H3. The molecule has 2 rings (SSSR count). The Morgan fingerprint density at radius 3 is 1.96 bits per heavy atom. The first kappa shape index (κ1) is 24.5. The van der Waals surface area contributed by atoms with E-state index in [1.165, 1.54) is 32.1 Å². The molecule has 0 N–H and O–H groups in total. The number of hydrogen-bond donors (Lipinski definition) is 0. The van der Waals surface area contributed by atoms with E-state index in [0.29, 0.717) is 6.61 Å². The second kappa shape index (κ2) is 16.9. The number of para-hydroxylation sites is 1. The first-order valence-electron chi connectivity index (χ1n) is 9.80. The van der Waals surface area contributed by atoms with Crippen LogP contribution in [0, 0.1) is 0 Å². The van der Waals surface area contributed by atoms with Crippen LogP contribution in [0.25, 0.3) is 6.08 Å². The third kappa shape index (κ3) is 11.1. The zero-order chi connectivity index (χ0) is 19.6. The van der Waals surface area contributed by atoms with Crippen molar-refractivity contribution in [2.24, 2.45) is 0 Å². The summed E-state index contributed by atoms with van der Waals surface area (Å²) in [6, 6.07) is 16.0. The summed E-state index contributed by atoms with van der Waals surface area (Å²) in [6.45, 7) is 12.8. The average Bonchev–Trinajstić information content (AvgIpc) is 2.70. The molecule has 0 spiro atoms. The van der Waals surface area contributed by atoms with Gasteiger partial charge in [0, 0.05) is 0 Å². The highest BCUT2D eigenvalue weighted by Gasteiger charge is 1.99. The van der Waals surface area contributed by atoms with Gasteiger partial charge in [0.2, 0.25) is 0 Å². The highest BCUT2D eigenvalue weighted by atomic mass is 79.9. The Balaban J connectivity index is 0.000000589. The van der Waals surface area contributed by atoms with Crippen LogP contribution in [0.5, 0.6) is 5.75 Å². The lowest BCUT2D eigenvalue weighted by Crippen LogP contribution is -1.95. The Labute approximate surface area is 169 Å². The molecule has 0 aliphatic rings. The van der Waals surface area contributed by atoms with Gasteiger partial charge >= 0.3 is 0 Å². The molecular formula is C24H35BrO. The van der Waals surface area contributed by atoms with Crippen molar-refractivity contribution >= 4 is 22.0 Å². The van der Waals surface area contributed by atoms with E-state index in [4.69, 9.17) is 4.74 Å². The molecule has 2 aromatic rings. The van der Waals surface area contributed by atoms with Crippen molar-refractivity contribution in [3.8, 4) is 5.75 Å². The summed E-state index contributed by atoms with van der Waals surface area (Å²) in [5.74, 6) is 0.861. The lowest BCUT2D eigenvalue weighted by molar-refractivity contribution is 0.304. The van der Waals surface area contributed by atoms with E-state index >= 15 is 0 Å². The SMILES string of the molecule is C=Cc1ccc(COc2ccccc2Br)cc1.CC.CCCCCCC. The number of halogens is 1. The molecule has 1 nitrogen and oxygen atoms in total. The molecule has 0 bridgehead atoms. The number of rotatable bonds is 8. The number of hydrogen-bond acceptors (Lipinski definition) is 1. The van der Waals surface area contributed by atoms with E-state index in [1.807, 2.05) is 68.5 Å². The van der Waals surface area contributed by atoms with Gasteiger partial charge in [0.1, 0.15) is 12.4 Å². The second-order valence-electron chi connectivity index (χ2n) is 5.73. The third-order valence-corrected chi connectivity index (χ3v) is 4.31. The minimum atomic E-state index is 0.569. The molecule has 0 saturated carbocycles. The van der Waals surface area contributed by atoms with Gasteiger partial charge in [-0.25, -0.2) is 0 Å². The number of benzene rings is 2. The van der Waals surface area contributed by atoms with Gasteiger partial charge in [0.15, 0.2) is 0 Å². The number of ether oxygens (including phenoxy) is 1. The van der Waals surface area contributed by atoms with E-state index in [2.05, 4.69) is 36.4 Å². The molecule has 0 aliphatic heterocycles. The van der Waals surface area contributed by atoms with Crippen LogP contribution in [0.3, 0.4) is 0 Å². The lowest BCUT2D eigenvalue weighted by atomic mass is 10.1. The van der Waals surface area contributed by atoms with Crippen LogP contribution in [-0.4, -0.2) is 0 Å². The molecule has 2 aromatic carbocycles. The van der Waals surface area contributed by atoms with Crippen LogP contribution < -0.4 is 4.74 Å². The fourth-order valence-electron chi connectivity index (χ4n) is 2.15. The van der Waals surface area contributed by atoms with Gasteiger partial charge in [-0.1, -0.05) is 109 Å². The van der Waals surface area contributed by atoms with E-state index < -0.39 is 0 Å².